The summed E-state index contributed by atoms with van der Waals surface area (Å²) in [5.41, 5.74) is 2.07. The molecule has 2 rings (SSSR count). The lowest BCUT2D eigenvalue weighted by Crippen LogP contribution is -2.32. The van der Waals surface area contributed by atoms with Gasteiger partial charge < -0.3 is 10.4 Å². The van der Waals surface area contributed by atoms with Crippen molar-refractivity contribution in [3.05, 3.63) is 34.9 Å². The summed E-state index contributed by atoms with van der Waals surface area (Å²) in [6.45, 7) is 0.633. The van der Waals surface area contributed by atoms with Crippen LogP contribution in [-0.4, -0.2) is 29.3 Å². The van der Waals surface area contributed by atoms with E-state index in [9.17, 15) is 14.4 Å². The molecule has 5 nitrogen and oxygen atoms in total. The van der Waals surface area contributed by atoms with Gasteiger partial charge in [0.1, 0.15) is 0 Å². The summed E-state index contributed by atoms with van der Waals surface area (Å²) in [6.07, 6.45) is 2.22. The zero-order valence-electron chi connectivity index (χ0n) is 11.1. The highest BCUT2D eigenvalue weighted by Gasteiger charge is 2.18. The molecule has 1 aromatic carbocycles. The molecule has 1 heterocycles. The van der Waals surface area contributed by atoms with E-state index in [1.54, 1.807) is 12.1 Å². The van der Waals surface area contributed by atoms with Gasteiger partial charge in [0.25, 0.3) is 5.91 Å². The second kappa shape index (κ2) is 6.32. The van der Waals surface area contributed by atoms with Crippen molar-refractivity contribution in [3.63, 3.8) is 0 Å². The fraction of sp³-hybridized carbons (Fsp3) is 0.400. The molecule has 0 saturated heterocycles. The van der Waals surface area contributed by atoms with Crippen LogP contribution in [0.3, 0.4) is 0 Å². The molecule has 106 valence electrons. The van der Waals surface area contributed by atoms with Crippen LogP contribution in [-0.2, 0) is 11.2 Å². The predicted molar refractivity (Wildman–Crippen MR) is 72.9 cm³/mol. The Morgan fingerprint density at radius 2 is 1.95 bits per heavy atom. The number of unbranched alkanes of at least 4 members (excludes halogenated alkanes) is 1. The number of aliphatic carboxylic acids is 1. The van der Waals surface area contributed by atoms with Crippen LogP contribution in [0.5, 0.6) is 0 Å². The lowest BCUT2D eigenvalue weighted by Gasteiger charge is -2.16. The van der Waals surface area contributed by atoms with Crippen LogP contribution >= 0.6 is 0 Å². The van der Waals surface area contributed by atoms with Gasteiger partial charge in [-0.05, 0) is 30.9 Å². The molecule has 0 aliphatic carbocycles. The first kappa shape index (κ1) is 14.2. The minimum absolute atomic E-state index is 0.0448. The third-order valence-corrected chi connectivity index (χ3v) is 3.40. The van der Waals surface area contributed by atoms with Gasteiger partial charge in [0, 0.05) is 30.5 Å². The quantitative estimate of drug-likeness (QED) is 0.612. The Labute approximate surface area is 117 Å². The fourth-order valence-electron chi connectivity index (χ4n) is 2.29. The normalized spacial score (nSPS) is 13.5. The van der Waals surface area contributed by atoms with Crippen LogP contribution in [0.4, 0.5) is 0 Å². The maximum absolute atomic E-state index is 12.0. The summed E-state index contributed by atoms with van der Waals surface area (Å²) in [4.78, 5) is 34.1. The number of amides is 1. The van der Waals surface area contributed by atoms with E-state index in [2.05, 4.69) is 5.32 Å². The molecule has 1 aliphatic rings. The highest BCUT2D eigenvalue weighted by molar-refractivity contribution is 6.02. The number of benzene rings is 1. The van der Waals surface area contributed by atoms with Crippen LogP contribution in [0.1, 0.15) is 52.0 Å². The molecule has 0 fully saturated rings. The van der Waals surface area contributed by atoms with Gasteiger partial charge in [0.05, 0.1) is 0 Å². The molecule has 0 atom stereocenters. The van der Waals surface area contributed by atoms with Gasteiger partial charge in [0.2, 0.25) is 0 Å². The summed E-state index contributed by atoms with van der Waals surface area (Å²) in [5.74, 6) is -1.02. The van der Waals surface area contributed by atoms with Crippen molar-refractivity contribution >= 4 is 17.7 Å². The molecular weight excluding hydrogens is 258 g/mol. The molecule has 0 radical (unpaired) electrons. The molecule has 1 aliphatic heterocycles. The fourth-order valence-corrected chi connectivity index (χ4v) is 2.29. The Morgan fingerprint density at radius 3 is 2.70 bits per heavy atom. The zero-order chi connectivity index (χ0) is 14.5. The molecule has 0 aromatic heterocycles. The van der Waals surface area contributed by atoms with Gasteiger partial charge in [-0.15, -0.1) is 0 Å². The van der Waals surface area contributed by atoms with Crippen LogP contribution in [0, 0.1) is 0 Å². The van der Waals surface area contributed by atoms with Crippen molar-refractivity contribution in [2.24, 2.45) is 0 Å². The van der Waals surface area contributed by atoms with Crippen molar-refractivity contribution in [2.45, 2.75) is 32.1 Å². The first-order chi connectivity index (χ1) is 9.58. The van der Waals surface area contributed by atoms with Crippen LogP contribution in [0.25, 0.3) is 0 Å². The smallest absolute Gasteiger partial charge is 0.303 e. The highest BCUT2D eigenvalue weighted by atomic mass is 16.4. The number of Topliss-reactive ketones (excluding diaryl/α,β-unsaturated/α-hetero) is 1. The number of ketones is 1. The number of carbonyl (C=O) groups is 3. The number of hydrogen-bond acceptors (Lipinski definition) is 3. The Hall–Kier alpha value is -2.17. The summed E-state index contributed by atoms with van der Waals surface area (Å²) in [6, 6.07) is 5.22. The minimum Gasteiger partial charge on any atom is -0.481 e. The second-order valence-electron chi connectivity index (χ2n) is 4.90. The van der Waals surface area contributed by atoms with Crippen molar-refractivity contribution in [3.8, 4) is 0 Å². The SMILES string of the molecule is O=C(O)CCCCC(=O)c1ccc2c(c1)C(=O)NCC2. The van der Waals surface area contributed by atoms with Gasteiger partial charge in [-0.3, -0.25) is 14.4 Å². The number of rotatable bonds is 6. The molecule has 20 heavy (non-hydrogen) atoms. The predicted octanol–water partition coefficient (Wildman–Crippen LogP) is 1.80. The molecule has 0 spiro atoms. The van der Waals surface area contributed by atoms with Gasteiger partial charge in [-0.25, -0.2) is 0 Å². The second-order valence-corrected chi connectivity index (χ2v) is 4.90. The molecule has 1 aromatic rings. The summed E-state index contributed by atoms with van der Waals surface area (Å²) < 4.78 is 0. The van der Waals surface area contributed by atoms with Crippen LogP contribution in [0.2, 0.25) is 0 Å². The van der Waals surface area contributed by atoms with Crippen molar-refractivity contribution in [2.75, 3.05) is 6.54 Å². The first-order valence-corrected chi connectivity index (χ1v) is 6.74. The Bertz CT molecular complexity index is 551. The van der Waals surface area contributed by atoms with Crippen molar-refractivity contribution < 1.29 is 19.5 Å². The maximum Gasteiger partial charge on any atom is 0.303 e. The van der Waals surface area contributed by atoms with E-state index in [-0.39, 0.29) is 18.1 Å². The number of carboxylic acids is 1. The lowest BCUT2D eigenvalue weighted by molar-refractivity contribution is -0.137. The Kier molecular flexibility index (Phi) is 4.50. The first-order valence-electron chi connectivity index (χ1n) is 6.74. The summed E-state index contributed by atoms with van der Waals surface area (Å²) in [5, 5.41) is 11.3. The molecule has 0 saturated carbocycles. The van der Waals surface area contributed by atoms with Crippen LogP contribution < -0.4 is 5.32 Å². The zero-order valence-corrected chi connectivity index (χ0v) is 11.1. The highest BCUT2D eigenvalue weighted by Crippen LogP contribution is 2.17. The minimum atomic E-state index is -0.845. The van der Waals surface area contributed by atoms with E-state index in [1.165, 1.54) is 0 Å². The number of nitrogens with one attached hydrogen (secondary N) is 1. The third-order valence-electron chi connectivity index (χ3n) is 3.40. The molecule has 5 heteroatoms. The number of fused-ring (bicyclic) bond motifs is 1. The largest absolute Gasteiger partial charge is 0.481 e. The maximum atomic E-state index is 12.0. The molecule has 2 N–H and O–H groups in total. The third kappa shape index (κ3) is 3.44. The van der Waals surface area contributed by atoms with Gasteiger partial charge >= 0.3 is 5.97 Å². The monoisotopic (exact) mass is 275 g/mol. The lowest BCUT2D eigenvalue weighted by atomic mass is 9.95. The molecule has 0 unspecified atom stereocenters. The standard InChI is InChI=1S/C15H17NO4/c17-13(3-1-2-4-14(18)19)11-6-5-10-7-8-16-15(20)12(10)9-11/h5-6,9H,1-4,7-8H2,(H,16,20)(H,18,19). The van der Waals surface area contributed by atoms with E-state index in [0.717, 1.165) is 12.0 Å². The average Bonchev–Trinajstić information content (AvgIpc) is 2.43. The van der Waals surface area contributed by atoms with Gasteiger partial charge in [0.15, 0.2) is 5.78 Å². The van der Waals surface area contributed by atoms with E-state index in [4.69, 9.17) is 5.11 Å². The summed E-state index contributed by atoms with van der Waals surface area (Å²) >= 11 is 0. The number of carboxylic acid groups (broad SMARTS) is 1. The van der Waals surface area contributed by atoms with E-state index < -0.39 is 5.97 Å². The summed E-state index contributed by atoms with van der Waals surface area (Å²) in [7, 11) is 0. The molecule has 1 amide bonds. The number of carbonyl (C=O) groups excluding carboxylic acids is 2. The van der Waals surface area contributed by atoms with Crippen molar-refractivity contribution in [1.29, 1.82) is 0 Å². The number of hydrogen-bond donors (Lipinski definition) is 2. The van der Waals surface area contributed by atoms with Gasteiger partial charge in [-0.1, -0.05) is 12.1 Å². The van der Waals surface area contributed by atoms with Gasteiger partial charge in [-0.2, -0.15) is 0 Å². The topological polar surface area (TPSA) is 83.5 Å². The Balaban J connectivity index is 1.98. The van der Waals surface area contributed by atoms with Crippen LogP contribution in [0.15, 0.2) is 18.2 Å². The molecular formula is C15H17NO4. The van der Waals surface area contributed by atoms with E-state index in [0.29, 0.717) is 36.9 Å². The Morgan fingerprint density at radius 1 is 1.20 bits per heavy atom. The van der Waals surface area contributed by atoms with E-state index >= 15 is 0 Å². The van der Waals surface area contributed by atoms with Crippen molar-refractivity contribution in [1.82, 2.24) is 5.32 Å². The van der Waals surface area contributed by atoms with E-state index in [1.807, 2.05) is 6.07 Å². The molecule has 0 bridgehead atoms. The average molecular weight is 275 g/mol.